The third-order valence-electron chi connectivity index (χ3n) is 5.13. The van der Waals surface area contributed by atoms with Crippen LogP contribution in [0.15, 0.2) is 42.5 Å². The summed E-state index contributed by atoms with van der Waals surface area (Å²) in [7, 11) is 0. The van der Waals surface area contributed by atoms with Gasteiger partial charge in [0.1, 0.15) is 13.2 Å². The molecule has 2 aliphatic rings. The van der Waals surface area contributed by atoms with Crippen molar-refractivity contribution >= 4 is 17.5 Å². The van der Waals surface area contributed by atoms with Crippen LogP contribution in [0.3, 0.4) is 0 Å². The molecule has 0 spiro atoms. The van der Waals surface area contributed by atoms with E-state index in [-0.39, 0.29) is 24.2 Å². The highest BCUT2D eigenvalue weighted by atomic mass is 16.6. The zero-order chi connectivity index (χ0) is 19.5. The summed E-state index contributed by atoms with van der Waals surface area (Å²) in [5, 5.41) is 2.97. The lowest BCUT2D eigenvalue weighted by Crippen LogP contribution is -2.34. The van der Waals surface area contributed by atoms with Crippen molar-refractivity contribution in [3.63, 3.8) is 0 Å². The number of nitrogens with one attached hydrogen (secondary N) is 1. The molecule has 28 heavy (non-hydrogen) atoms. The van der Waals surface area contributed by atoms with Gasteiger partial charge in [-0.05, 0) is 31.0 Å². The Labute approximate surface area is 164 Å². The van der Waals surface area contributed by atoms with Crippen molar-refractivity contribution in [2.24, 2.45) is 5.92 Å². The highest BCUT2D eigenvalue weighted by molar-refractivity contribution is 6.00. The van der Waals surface area contributed by atoms with Crippen LogP contribution in [0.25, 0.3) is 0 Å². The van der Waals surface area contributed by atoms with E-state index in [4.69, 9.17) is 9.47 Å². The Morgan fingerprint density at radius 2 is 1.96 bits per heavy atom. The van der Waals surface area contributed by atoms with Gasteiger partial charge in [0.25, 0.3) is 0 Å². The van der Waals surface area contributed by atoms with Crippen LogP contribution in [0.5, 0.6) is 11.5 Å². The summed E-state index contributed by atoms with van der Waals surface area (Å²) in [5.41, 5.74) is 3.14. The summed E-state index contributed by atoms with van der Waals surface area (Å²) in [6.45, 7) is 4.03. The molecule has 4 rings (SSSR count). The van der Waals surface area contributed by atoms with E-state index in [1.807, 2.05) is 24.3 Å². The molecule has 1 fully saturated rings. The van der Waals surface area contributed by atoms with Crippen LogP contribution >= 0.6 is 0 Å². The van der Waals surface area contributed by atoms with Gasteiger partial charge in [-0.15, -0.1) is 0 Å². The molecule has 146 valence electrons. The lowest BCUT2D eigenvalue weighted by atomic mass is 10.1. The topological polar surface area (TPSA) is 67.9 Å². The maximum Gasteiger partial charge on any atom is 0.227 e. The Morgan fingerprint density at radius 1 is 1.14 bits per heavy atom. The lowest BCUT2D eigenvalue weighted by Gasteiger charge is -2.22. The fraction of sp³-hybridized carbons (Fsp3) is 0.364. The number of benzene rings is 2. The Hall–Kier alpha value is -3.02. The molecule has 1 saturated heterocycles. The van der Waals surface area contributed by atoms with E-state index in [0.29, 0.717) is 37.8 Å². The van der Waals surface area contributed by atoms with E-state index >= 15 is 0 Å². The minimum absolute atomic E-state index is 0.0458. The standard InChI is InChI=1S/C22H24N2O4/c1-15-3-2-4-16(11-15)7-8-23-22(26)17-12-21(25)24(14-17)18-5-6-19-20(13-18)28-10-9-27-19/h2-6,11,13,17H,7-10,12,14H2,1H3,(H,23,26). The van der Waals surface area contributed by atoms with Crippen molar-refractivity contribution in [1.82, 2.24) is 5.32 Å². The van der Waals surface area contributed by atoms with Gasteiger partial charge in [-0.1, -0.05) is 29.8 Å². The van der Waals surface area contributed by atoms with E-state index in [0.717, 1.165) is 12.1 Å². The summed E-state index contributed by atoms with van der Waals surface area (Å²) in [4.78, 5) is 26.6. The summed E-state index contributed by atoms with van der Waals surface area (Å²) >= 11 is 0. The number of hydrogen-bond acceptors (Lipinski definition) is 4. The molecule has 0 aliphatic carbocycles. The van der Waals surface area contributed by atoms with Crippen LogP contribution < -0.4 is 19.7 Å². The number of ether oxygens (including phenoxy) is 2. The van der Waals surface area contributed by atoms with Crippen LogP contribution in [0.4, 0.5) is 5.69 Å². The molecule has 2 amide bonds. The monoisotopic (exact) mass is 380 g/mol. The minimum Gasteiger partial charge on any atom is -0.486 e. The Bertz CT molecular complexity index is 896. The third-order valence-corrected chi connectivity index (χ3v) is 5.13. The van der Waals surface area contributed by atoms with Gasteiger partial charge in [-0.25, -0.2) is 0 Å². The van der Waals surface area contributed by atoms with Gasteiger partial charge < -0.3 is 19.7 Å². The van der Waals surface area contributed by atoms with Crippen molar-refractivity contribution in [3.8, 4) is 11.5 Å². The fourth-order valence-corrected chi connectivity index (χ4v) is 3.67. The normalized spacial score (nSPS) is 18.2. The van der Waals surface area contributed by atoms with E-state index in [1.54, 1.807) is 4.90 Å². The number of fused-ring (bicyclic) bond motifs is 1. The summed E-state index contributed by atoms with van der Waals surface area (Å²) in [6, 6.07) is 13.7. The quantitative estimate of drug-likeness (QED) is 0.865. The Balaban J connectivity index is 1.34. The molecule has 2 aliphatic heterocycles. The van der Waals surface area contributed by atoms with Crippen molar-refractivity contribution in [1.29, 1.82) is 0 Å². The molecule has 0 saturated carbocycles. The largest absolute Gasteiger partial charge is 0.486 e. The van der Waals surface area contributed by atoms with E-state index in [1.165, 1.54) is 11.1 Å². The number of rotatable bonds is 5. The fourth-order valence-electron chi connectivity index (χ4n) is 3.67. The van der Waals surface area contributed by atoms with E-state index in [2.05, 4.69) is 30.4 Å². The number of carbonyl (C=O) groups is 2. The van der Waals surface area contributed by atoms with Crippen molar-refractivity contribution < 1.29 is 19.1 Å². The summed E-state index contributed by atoms with van der Waals surface area (Å²) in [5.74, 6) is 0.879. The second-order valence-electron chi connectivity index (χ2n) is 7.26. The number of nitrogens with zero attached hydrogens (tertiary/aromatic N) is 1. The molecule has 2 heterocycles. The third kappa shape index (κ3) is 3.96. The molecule has 1 unspecified atom stereocenters. The molecule has 6 heteroatoms. The van der Waals surface area contributed by atoms with Gasteiger partial charge in [0, 0.05) is 31.3 Å². The second-order valence-corrected chi connectivity index (χ2v) is 7.26. The number of amides is 2. The van der Waals surface area contributed by atoms with Gasteiger partial charge >= 0.3 is 0 Å². The van der Waals surface area contributed by atoms with Gasteiger partial charge in [-0.2, -0.15) is 0 Å². The first-order chi connectivity index (χ1) is 13.6. The lowest BCUT2D eigenvalue weighted by molar-refractivity contribution is -0.126. The number of hydrogen-bond donors (Lipinski definition) is 1. The predicted molar refractivity (Wildman–Crippen MR) is 106 cm³/mol. The van der Waals surface area contributed by atoms with Crippen LogP contribution in [0, 0.1) is 12.8 Å². The smallest absolute Gasteiger partial charge is 0.227 e. The molecular formula is C22H24N2O4. The maximum absolute atomic E-state index is 12.5. The SMILES string of the molecule is Cc1cccc(CCNC(=O)C2CC(=O)N(c3ccc4c(c3)OCCO4)C2)c1. The van der Waals surface area contributed by atoms with E-state index in [9.17, 15) is 9.59 Å². The van der Waals surface area contributed by atoms with Crippen LogP contribution in [-0.2, 0) is 16.0 Å². The van der Waals surface area contributed by atoms with Crippen molar-refractivity contribution in [3.05, 3.63) is 53.6 Å². The average molecular weight is 380 g/mol. The highest BCUT2D eigenvalue weighted by Crippen LogP contribution is 2.35. The van der Waals surface area contributed by atoms with Crippen LogP contribution in [-0.4, -0.2) is 38.1 Å². The number of anilines is 1. The molecular weight excluding hydrogens is 356 g/mol. The first-order valence-corrected chi connectivity index (χ1v) is 9.63. The maximum atomic E-state index is 12.5. The molecule has 0 bridgehead atoms. The molecule has 0 aromatic heterocycles. The molecule has 6 nitrogen and oxygen atoms in total. The number of carbonyl (C=O) groups excluding carboxylic acids is 2. The molecule has 1 atom stereocenters. The van der Waals surface area contributed by atoms with Crippen LogP contribution in [0.2, 0.25) is 0 Å². The van der Waals surface area contributed by atoms with Gasteiger partial charge in [0.2, 0.25) is 11.8 Å². The first kappa shape index (κ1) is 18.3. The zero-order valence-corrected chi connectivity index (χ0v) is 15.9. The second kappa shape index (κ2) is 7.92. The van der Waals surface area contributed by atoms with Crippen molar-refractivity contribution in [2.45, 2.75) is 19.8 Å². The molecule has 2 aromatic rings. The Kier molecular flexibility index (Phi) is 5.19. The highest BCUT2D eigenvalue weighted by Gasteiger charge is 2.35. The van der Waals surface area contributed by atoms with Gasteiger partial charge in [0.05, 0.1) is 5.92 Å². The minimum atomic E-state index is -0.335. The van der Waals surface area contributed by atoms with Crippen LogP contribution in [0.1, 0.15) is 17.5 Å². The molecule has 2 aromatic carbocycles. The number of aryl methyl sites for hydroxylation is 1. The van der Waals surface area contributed by atoms with Gasteiger partial charge in [-0.3, -0.25) is 9.59 Å². The Morgan fingerprint density at radius 3 is 2.79 bits per heavy atom. The first-order valence-electron chi connectivity index (χ1n) is 9.63. The molecule has 0 radical (unpaired) electrons. The molecule has 1 N–H and O–H groups in total. The zero-order valence-electron chi connectivity index (χ0n) is 15.9. The average Bonchev–Trinajstić information content (AvgIpc) is 3.09. The van der Waals surface area contributed by atoms with Gasteiger partial charge in [0.15, 0.2) is 11.5 Å². The summed E-state index contributed by atoms with van der Waals surface area (Å²) in [6.07, 6.45) is 1.00. The summed E-state index contributed by atoms with van der Waals surface area (Å²) < 4.78 is 11.1. The van der Waals surface area contributed by atoms with E-state index < -0.39 is 0 Å². The predicted octanol–water partition coefficient (Wildman–Crippen LogP) is 2.48. The van der Waals surface area contributed by atoms with Crippen molar-refractivity contribution in [2.75, 3.05) is 31.2 Å².